The minimum Gasteiger partial charge on any atom is -0.493 e. The third-order valence-corrected chi connectivity index (χ3v) is 6.96. The Kier molecular flexibility index (Phi) is 8.08. The molecule has 36 heavy (non-hydrogen) atoms. The molecule has 0 saturated heterocycles. The number of hydrogen-bond donors (Lipinski definition) is 1. The van der Waals surface area contributed by atoms with E-state index in [9.17, 15) is 4.79 Å². The van der Waals surface area contributed by atoms with Gasteiger partial charge in [-0.3, -0.25) is 4.98 Å². The van der Waals surface area contributed by atoms with Crippen molar-refractivity contribution >= 4 is 6.09 Å². The van der Waals surface area contributed by atoms with Crippen molar-refractivity contribution < 1.29 is 19.0 Å². The van der Waals surface area contributed by atoms with Crippen LogP contribution in [0.25, 0.3) is 0 Å². The lowest BCUT2D eigenvalue weighted by molar-refractivity contribution is 0.0460. The van der Waals surface area contributed by atoms with Gasteiger partial charge in [-0.25, -0.2) is 4.79 Å². The van der Waals surface area contributed by atoms with Gasteiger partial charge in [-0.05, 0) is 108 Å². The summed E-state index contributed by atoms with van der Waals surface area (Å²) in [5.41, 5.74) is 0.912. The number of nitrogens with zero attached hydrogens (tertiary/aromatic N) is 1. The van der Waals surface area contributed by atoms with Crippen molar-refractivity contribution in [3.63, 3.8) is 0 Å². The Morgan fingerprint density at radius 1 is 1.03 bits per heavy atom. The van der Waals surface area contributed by atoms with E-state index in [1.807, 2.05) is 39.0 Å². The van der Waals surface area contributed by atoms with Crippen LogP contribution >= 0.6 is 0 Å². The quantitative estimate of drug-likeness (QED) is 0.492. The normalized spacial score (nSPS) is 22.3. The molecular formula is C30H38N2O4. The molecule has 6 heteroatoms. The lowest BCUT2D eigenvalue weighted by atomic mass is 9.74. The van der Waals surface area contributed by atoms with Gasteiger partial charge in [-0.15, -0.1) is 0 Å². The van der Waals surface area contributed by atoms with Gasteiger partial charge in [0, 0.05) is 18.0 Å². The largest absolute Gasteiger partial charge is 0.493 e. The minimum atomic E-state index is -0.641. The van der Waals surface area contributed by atoms with Crippen LogP contribution in [-0.4, -0.2) is 35.4 Å². The number of aromatic nitrogens is 1. The van der Waals surface area contributed by atoms with Gasteiger partial charge in [-0.2, -0.15) is 0 Å². The summed E-state index contributed by atoms with van der Waals surface area (Å²) in [6.45, 7) is 5.61. The Bertz CT molecular complexity index is 1080. The van der Waals surface area contributed by atoms with E-state index in [2.05, 4.69) is 34.3 Å². The number of amides is 1. The molecule has 2 aliphatic rings. The zero-order valence-electron chi connectivity index (χ0n) is 21.9. The Labute approximate surface area is 215 Å². The van der Waals surface area contributed by atoms with Gasteiger partial charge in [0.25, 0.3) is 0 Å². The standard InChI is InChI=1S/C30H38N2O4/c1-29(2,3)36-28(33)32-30(16-11-22-14-19-31-20-15-22)17-12-23(13-18-30)24-9-10-26(34-4)27(21-24)35-25-7-5-6-8-25/h9-10,14-15,19-21,23,25H,5-8,12-13,17-18H2,1-4H3,(H,32,33). The molecule has 1 aromatic heterocycles. The summed E-state index contributed by atoms with van der Waals surface area (Å²) in [5, 5.41) is 3.11. The Balaban J connectivity index is 1.51. The van der Waals surface area contributed by atoms with E-state index in [0.29, 0.717) is 5.92 Å². The fraction of sp³-hybridized carbons (Fsp3) is 0.533. The summed E-state index contributed by atoms with van der Waals surface area (Å²) in [6.07, 6.45) is 11.2. The lowest BCUT2D eigenvalue weighted by Gasteiger charge is -2.37. The third kappa shape index (κ3) is 6.94. The summed E-state index contributed by atoms with van der Waals surface area (Å²) < 4.78 is 17.5. The molecule has 2 saturated carbocycles. The first-order valence-electron chi connectivity index (χ1n) is 13.0. The van der Waals surface area contributed by atoms with Crippen LogP contribution in [0.1, 0.15) is 89.2 Å². The number of benzene rings is 1. The van der Waals surface area contributed by atoms with Crippen LogP contribution in [0.15, 0.2) is 42.7 Å². The molecule has 1 N–H and O–H groups in total. The summed E-state index contributed by atoms with van der Waals surface area (Å²) in [7, 11) is 1.69. The number of pyridine rings is 1. The van der Waals surface area contributed by atoms with Crippen molar-refractivity contribution in [1.29, 1.82) is 0 Å². The Morgan fingerprint density at radius 3 is 2.36 bits per heavy atom. The number of carbonyl (C=O) groups excluding carboxylic acids is 1. The number of ether oxygens (including phenoxy) is 3. The fourth-order valence-corrected chi connectivity index (χ4v) is 5.08. The number of hydrogen-bond acceptors (Lipinski definition) is 5. The molecule has 0 spiro atoms. The zero-order chi connectivity index (χ0) is 25.6. The van der Waals surface area contributed by atoms with Crippen molar-refractivity contribution in [3.05, 3.63) is 53.9 Å². The maximum Gasteiger partial charge on any atom is 0.408 e. The predicted octanol–water partition coefficient (Wildman–Crippen LogP) is 6.38. The second-order valence-electron chi connectivity index (χ2n) is 10.9. The molecule has 2 aromatic rings. The molecule has 2 aliphatic carbocycles. The van der Waals surface area contributed by atoms with Gasteiger partial charge in [0.1, 0.15) is 11.1 Å². The van der Waals surface area contributed by atoms with Gasteiger partial charge in [0.15, 0.2) is 11.5 Å². The third-order valence-electron chi connectivity index (χ3n) is 6.96. The van der Waals surface area contributed by atoms with E-state index in [4.69, 9.17) is 14.2 Å². The summed E-state index contributed by atoms with van der Waals surface area (Å²) in [5.74, 6) is 8.61. The molecule has 0 radical (unpaired) electrons. The number of rotatable bonds is 5. The fourth-order valence-electron chi connectivity index (χ4n) is 5.08. The van der Waals surface area contributed by atoms with Crippen molar-refractivity contribution in [2.45, 2.75) is 95.3 Å². The highest BCUT2D eigenvalue weighted by Crippen LogP contribution is 2.41. The minimum absolute atomic E-state index is 0.273. The van der Waals surface area contributed by atoms with Gasteiger partial charge in [0.2, 0.25) is 0 Å². The first-order chi connectivity index (χ1) is 17.3. The van der Waals surface area contributed by atoms with Crippen molar-refractivity contribution in [2.24, 2.45) is 0 Å². The molecular weight excluding hydrogens is 452 g/mol. The smallest absolute Gasteiger partial charge is 0.408 e. The first-order valence-corrected chi connectivity index (χ1v) is 13.0. The molecule has 4 rings (SSSR count). The zero-order valence-corrected chi connectivity index (χ0v) is 21.9. The molecule has 1 amide bonds. The van der Waals surface area contributed by atoms with E-state index >= 15 is 0 Å². The van der Waals surface area contributed by atoms with E-state index < -0.39 is 17.2 Å². The SMILES string of the molecule is COc1ccc(C2CCC(C#Cc3ccncc3)(NC(=O)OC(C)(C)C)CC2)cc1OC1CCCC1. The number of alkyl carbamates (subject to hydrolysis) is 1. The maximum atomic E-state index is 12.7. The second-order valence-corrected chi connectivity index (χ2v) is 10.9. The molecule has 2 fully saturated rings. The van der Waals surface area contributed by atoms with Gasteiger partial charge >= 0.3 is 6.09 Å². The second kappa shape index (κ2) is 11.2. The van der Waals surface area contributed by atoms with E-state index in [0.717, 1.165) is 55.6 Å². The monoisotopic (exact) mass is 490 g/mol. The highest BCUT2D eigenvalue weighted by molar-refractivity contribution is 5.70. The lowest BCUT2D eigenvalue weighted by Crippen LogP contribution is -2.51. The topological polar surface area (TPSA) is 69.7 Å². The van der Waals surface area contributed by atoms with Crippen LogP contribution in [0.3, 0.4) is 0 Å². The molecule has 0 atom stereocenters. The first kappa shape index (κ1) is 25.9. The van der Waals surface area contributed by atoms with Crippen molar-refractivity contribution in [1.82, 2.24) is 10.3 Å². The van der Waals surface area contributed by atoms with Crippen LogP contribution in [0, 0.1) is 11.8 Å². The van der Waals surface area contributed by atoms with E-state index in [-0.39, 0.29) is 6.10 Å². The van der Waals surface area contributed by atoms with Crippen molar-refractivity contribution in [3.8, 4) is 23.3 Å². The molecule has 192 valence electrons. The van der Waals surface area contributed by atoms with Crippen LogP contribution in [0.2, 0.25) is 0 Å². The van der Waals surface area contributed by atoms with Gasteiger partial charge in [-0.1, -0.05) is 17.9 Å². The average Bonchev–Trinajstić information content (AvgIpc) is 3.36. The molecule has 0 unspecified atom stereocenters. The Hall–Kier alpha value is -3.20. The van der Waals surface area contributed by atoms with Gasteiger partial charge < -0.3 is 19.5 Å². The summed E-state index contributed by atoms with van der Waals surface area (Å²) in [6, 6.07) is 10.1. The van der Waals surface area contributed by atoms with Gasteiger partial charge in [0.05, 0.1) is 13.2 Å². The number of carbonyl (C=O) groups is 1. The number of methoxy groups -OCH3 is 1. The van der Waals surface area contributed by atoms with Crippen molar-refractivity contribution in [2.75, 3.05) is 7.11 Å². The summed E-state index contributed by atoms with van der Waals surface area (Å²) in [4.78, 5) is 16.8. The van der Waals surface area contributed by atoms with E-state index in [1.165, 1.54) is 18.4 Å². The maximum absolute atomic E-state index is 12.7. The summed E-state index contributed by atoms with van der Waals surface area (Å²) >= 11 is 0. The van der Waals surface area contributed by atoms with Crippen LogP contribution < -0.4 is 14.8 Å². The molecule has 1 heterocycles. The molecule has 6 nitrogen and oxygen atoms in total. The highest BCUT2D eigenvalue weighted by Gasteiger charge is 2.37. The van der Waals surface area contributed by atoms with Crippen LogP contribution in [-0.2, 0) is 4.74 Å². The highest BCUT2D eigenvalue weighted by atomic mass is 16.6. The van der Waals surface area contributed by atoms with Crippen LogP contribution in [0.4, 0.5) is 4.79 Å². The van der Waals surface area contributed by atoms with E-state index in [1.54, 1.807) is 19.5 Å². The number of nitrogens with one attached hydrogen (secondary N) is 1. The van der Waals surface area contributed by atoms with Crippen LogP contribution in [0.5, 0.6) is 11.5 Å². The Morgan fingerprint density at radius 2 is 1.72 bits per heavy atom. The molecule has 1 aromatic carbocycles. The molecule has 0 bridgehead atoms. The average molecular weight is 491 g/mol. The predicted molar refractivity (Wildman–Crippen MR) is 140 cm³/mol. The molecule has 0 aliphatic heterocycles.